The molecule has 0 aromatic heterocycles. The van der Waals surface area contributed by atoms with E-state index in [1.165, 1.54) is 38.9 Å². The Balaban J connectivity index is 1.39. The highest BCUT2D eigenvalue weighted by molar-refractivity contribution is 7.00. The number of para-hydroxylation sites is 5. The predicted octanol–water partition coefficient (Wildman–Crippen LogP) is 8.32. The van der Waals surface area contributed by atoms with Crippen LogP contribution in [0.2, 0.25) is 0 Å². The van der Waals surface area contributed by atoms with Crippen LogP contribution in [0.5, 0.6) is 11.5 Å². The van der Waals surface area contributed by atoms with Crippen molar-refractivity contribution in [1.82, 2.24) is 0 Å². The van der Waals surface area contributed by atoms with Crippen molar-refractivity contribution in [3.05, 3.63) is 138 Å². The summed E-state index contributed by atoms with van der Waals surface area (Å²) in [7, 11) is 0. The van der Waals surface area contributed by atoms with Crippen LogP contribution in [0, 0.1) is 5.82 Å². The van der Waals surface area contributed by atoms with Crippen molar-refractivity contribution in [2.75, 3.05) is 9.80 Å². The van der Waals surface area contributed by atoms with Crippen molar-refractivity contribution >= 4 is 57.2 Å². The van der Waals surface area contributed by atoms with E-state index in [2.05, 4.69) is 109 Å². The molecule has 6 aromatic rings. The third-order valence-corrected chi connectivity index (χ3v) is 10.1. The Morgan fingerprint density at radius 1 is 0.591 bits per heavy atom. The summed E-state index contributed by atoms with van der Waals surface area (Å²) in [6, 6.07) is 41.7. The summed E-state index contributed by atoms with van der Waals surface area (Å²) in [5.74, 6) is 1.42. The van der Waals surface area contributed by atoms with Crippen molar-refractivity contribution in [1.29, 1.82) is 0 Å². The maximum Gasteiger partial charge on any atom is 0.252 e. The van der Waals surface area contributed by atoms with Gasteiger partial charge in [0.25, 0.3) is 6.71 Å². The molecule has 10 rings (SSSR count). The van der Waals surface area contributed by atoms with Crippen LogP contribution in [0.15, 0.2) is 121 Å². The first kappa shape index (κ1) is 24.2. The Morgan fingerprint density at radius 3 is 2.02 bits per heavy atom. The fraction of sp³-hybridized carbons (Fsp3) is 0.0769. The zero-order chi connectivity index (χ0) is 29.3. The van der Waals surface area contributed by atoms with Crippen LogP contribution in [0.4, 0.5) is 38.5 Å². The molecule has 0 N–H and O–H groups in total. The lowest BCUT2D eigenvalue weighted by atomic mass is 9.33. The van der Waals surface area contributed by atoms with Gasteiger partial charge in [0, 0.05) is 28.0 Å². The normalized spacial score (nSPS) is 15.4. The van der Waals surface area contributed by atoms with Crippen LogP contribution in [-0.4, -0.2) is 6.71 Å². The van der Waals surface area contributed by atoms with Crippen LogP contribution in [0.3, 0.4) is 0 Å². The van der Waals surface area contributed by atoms with E-state index in [4.69, 9.17) is 4.74 Å². The van der Waals surface area contributed by atoms with Crippen LogP contribution >= 0.6 is 0 Å². The van der Waals surface area contributed by atoms with E-state index in [1.807, 2.05) is 24.3 Å². The van der Waals surface area contributed by atoms with Gasteiger partial charge in [0.1, 0.15) is 5.82 Å². The molecule has 3 nitrogen and oxygen atoms in total. The molecule has 0 fully saturated rings. The molecule has 0 radical (unpaired) electrons. The van der Waals surface area contributed by atoms with Crippen molar-refractivity contribution in [2.45, 2.75) is 19.3 Å². The molecule has 4 aliphatic rings. The van der Waals surface area contributed by atoms with Gasteiger partial charge in [-0.25, -0.2) is 4.39 Å². The molecule has 4 aliphatic heterocycles. The molecule has 0 bridgehead atoms. The molecule has 0 aliphatic carbocycles. The maximum absolute atomic E-state index is 15.6. The van der Waals surface area contributed by atoms with Gasteiger partial charge in [-0.3, -0.25) is 0 Å². The van der Waals surface area contributed by atoms with Crippen molar-refractivity contribution in [3.8, 4) is 22.6 Å². The van der Waals surface area contributed by atoms with E-state index >= 15 is 4.39 Å². The van der Waals surface area contributed by atoms with E-state index < -0.39 is 0 Å². The summed E-state index contributed by atoms with van der Waals surface area (Å²) < 4.78 is 22.1. The number of nitrogens with zero attached hydrogens (tertiary/aromatic N) is 2. The molecule has 0 unspecified atom stereocenters. The number of fused-ring (bicyclic) bond motifs is 8. The molecule has 44 heavy (non-hydrogen) atoms. The van der Waals surface area contributed by atoms with Gasteiger partial charge in [-0.15, -0.1) is 0 Å². The standard InChI is InChI=1S/C39H26BFN2O/c1-39(2)25-12-4-6-17-30(25)42-32-21-23(24-11-3-5-16-29(24)41)22-33-36(32)40(27-14-9-13-26(39)37(27)42)28-15-10-20-35-38(28)43(33)31-18-7-8-19-34(31)44-35/h3-22H,1-2H3. The molecular formula is C39H26BFN2O. The van der Waals surface area contributed by atoms with Gasteiger partial charge in [-0.05, 0) is 75.5 Å². The summed E-state index contributed by atoms with van der Waals surface area (Å²) in [4.78, 5) is 4.80. The number of rotatable bonds is 1. The molecule has 0 saturated carbocycles. The summed E-state index contributed by atoms with van der Waals surface area (Å²) in [5.41, 5.74) is 14.1. The largest absolute Gasteiger partial charge is 0.453 e. The second-order valence-corrected chi connectivity index (χ2v) is 12.7. The lowest BCUT2D eigenvalue weighted by molar-refractivity contribution is 0.477. The summed E-state index contributed by atoms with van der Waals surface area (Å²) >= 11 is 0. The summed E-state index contributed by atoms with van der Waals surface area (Å²) in [6.07, 6.45) is 0. The van der Waals surface area contributed by atoms with Crippen molar-refractivity contribution < 1.29 is 9.13 Å². The van der Waals surface area contributed by atoms with Crippen LogP contribution in [0.25, 0.3) is 11.1 Å². The molecule has 0 atom stereocenters. The van der Waals surface area contributed by atoms with Gasteiger partial charge in [-0.1, -0.05) is 92.7 Å². The molecule has 0 saturated heterocycles. The minimum Gasteiger partial charge on any atom is -0.453 e. The van der Waals surface area contributed by atoms with Crippen molar-refractivity contribution in [2.24, 2.45) is 0 Å². The number of hydrogen-bond acceptors (Lipinski definition) is 3. The highest BCUT2D eigenvalue weighted by Crippen LogP contribution is 2.56. The lowest BCUT2D eigenvalue weighted by Crippen LogP contribution is -2.62. The summed E-state index contributed by atoms with van der Waals surface area (Å²) in [6.45, 7) is 4.64. The van der Waals surface area contributed by atoms with E-state index in [0.29, 0.717) is 5.56 Å². The van der Waals surface area contributed by atoms with Gasteiger partial charge in [0.05, 0.1) is 17.1 Å². The quantitative estimate of drug-likeness (QED) is 0.185. The molecule has 5 heteroatoms. The van der Waals surface area contributed by atoms with E-state index in [-0.39, 0.29) is 17.9 Å². The minimum atomic E-state index is -0.229. The zero-order valence-electron chi connectivity index (χ0n) is 24.3. The Bertz CT molecular complexity index is 2240. The fourth-order valence-corrected chi connectivity index (χ4v) is 8.19. The number of hydrogen-bond donors (Lipinski definition) is 0. The highest BCUT2D eigenvalue weighted by atomic mass is 19.1. The molecule has 6 aromatic carbocycles. The van der Waals surface area contributed by atoms with Gasteiger partial charge >= 0.3 is 0 Å². The number of anilines is 6. The summed E-state index contributed by atoms with van der Waals surface area (Å²) in [5, 5.41) is 0. The number of ether oxygens (including phenoxy) is 1. The molecule has 0 amide bonds. The lowest BCUT2D eigenvalue weighted by Gasteiger charge is -2.50. The Morgan fingerprint density at radius 2 is 1.20 bits per heavy atom. The van der Waals surface area contributed by atoms with E-state index in [0.717, 1.165) is 39.8 Å². The molecule has 208 valence electrons. The third-order valence-electron chi connectivity index (χ3n) is 10.1. The van der Waals surface area contributed by atoms with Crippen LogP contribution < -0.4 is 30.9 Å². The average Bonchev–Trinajstić information content (AvgIpc) is 3.05. The minimum absolute atomic E-state index is 0.0120. The average molecular weight is 568 g/mol. The van der Waals surface area contributed by atoms with Gasteiger partial charge in [0.2, 0.25) is 0 Å². The molecule has 0 spiro atoms. The van der Waals surface area contributed by atoms with Gasteiger partial charge in [0.15, 0.2) is 11.5 Å². The Kier molecular flexibility index (Phi) is 4.51. The van der Waals surface area contributed by atoms with Gasteiger partial charge in [-0.2, -0.15) is 0 Å². The first-order valence-electron chi connectivity index (χ1n) is 15.2. The highest BCUT2D eigenvalue weighted by Gasteiger charge is 2.49. The van der Waals surface area contributed by atoms with Crippen LogP contribution in [-0.2, 0) is 5.41 Å². The first-order valence-corrected chi connectivity index (χ1v) is 15.2. The number of benzene rings is 6. The third kappa shape index (κ3) is 2.87. The molecular weight excluding hydrogens is 542 g/mol. The second-order valence-electron chi connectivity index (χ2n) is 12.7. The topological polar surface area (TPSA) is 15.7 Å². The monoisotopic (exact) mass is 568 g/mol. The first-order chi connectivity index (χ1) is 21.5. The maximum atomic E-state index is 15.6. The smallest absolute Gasteiger partial charge is 0.252 e. The SMILES string of the molecule is CC1(C)c2ccccc2N2c3cc(-c4ccccc4F)cc4c3B(c3cccc5c3N4c3ccccc3O5)c3cccc1c32. The van der Waals surface area contributed by atoms with Crippen molar-refractivity contribution in [3.63, 3.8) is 0 Å². The van der Waals surface area contributed by atoms with Crippen LogP contribution in [0.1, 0.15) is 25.0 Å². The second kappa shape index (κ2) is 8.21. The number of halogens is 1. The predicted molar refractivity (Wildman–Crippen MR) is 178 cm³/mol. The zero-order valence-corrected chi connectivity index (χ0v) is 24.3. The molecule has 4 heterocycles. The Labute approximate surface area is 255 Å². The Hall–Kier alpha value is -5.29. The van der Waals surface area contributed by atoms with E-state index in [1.54, 1.807) is 12.1 Å². The van der Waals surface area contributed by atoms with E-state index in [9.17, 15) is 0 Å². The van der Waals surface area contributed by atoms with Gasteiger partial charge < -0.3 is 14.5 Å². The fourth-order valence-electron chi connectivity index (χ4n) is 8.19.